The third kappa shape index (κ3) is 4.29. The maximum absolute atomic E-state index is 12.8. The summed E-state index contributed by atoms with van der Waals surface area (Å²) in [6, 6.07) is 8.64. The molecule has 1 N–H and O–H groups in total. The Morgan fingerprint density at radius 3 is 2.43 bits per heavy atom. The molecule has 23 heavy (non-hydrogen) atoms. The van der Waals surface area contributed by atoms with Crippen molar-refractivity contribution in [3.63, 3.8) is 0 Å². The number of amides is 1. The molecule has 0 saturated heterocycles. The van der Waals surface area contributed by atoms with Crippen LogP contribution in [0.2, 0.25) is 0 Å². The SMILES string of the molecule is COc1cc(OC)c(/C=N\NC(=O)c2ccc(F)cc2)cc1Br. The van der Waals surface area contributed by atoms with Crippen LogP contribution < -0.4 is 14.9 Å². The van der Waals surface area contributed by atoms with Crippen molar-refractivity contribution >= 4 is 28.1 Å². The lowest BCUT2D eigenvalue weighted by Gasteiger charge is -2.09. The number of methoxy groups -OCH3 is 2. The Hall–Kier alpha value is -2.41. The number of halogens is 2. The first-order valence-corrected chi connectivity index (χ1v) is 7.35. The minimum absolute atomic E-state index is 0.312. The van der Waals surface area contributed by atoms with Crippen LogP contribution >= 0.6 is 15.9 Å². The van der Waals surface area contributed by atoms with Gasteiger partial charge in [0.25, 0.3) is 5.91 Å². The largest absolute Gasteiger partial charge is 0.496 e. The van der Waals surface area contributed by atoms with Crippen LogP contribution in [0.5, 0.6) is 11.5 Å². The zero-order valence-corrected chi connectivity index (χ0v) is 14.1. The van der Waals surface area contributed by atoms with E-state index in [9.17, 15) is 9.18 Å². The molecule has 5 nitrogen and oxygen atoms in total. The predicted octanol–water partition coefficient (Wildman–Crippen LogP) is 3.37. The summed E-state index contributed by atoms with van der Waals surface area (Å²) in [5.41, 5.74) is 3.34. The molecule has 0 aliphatic heterocycles. The number of carbonyl (C=O) groups excluding carboxylic acids is 1. The summed E-state index contributed by atoms with van der Waals surface area (Å²) in [5.74, 6) is 0.324. The van der Waals surface area contributed by atoms with Gasteiger partial charge in [0.1, 0.15) is 17.3 Å². The van der Waals surface area contributed by atoms with Gasteiger partial charge in [0, 0.05) is 17.2 Å². The molecule has 0 radical (unpaired) electrons. The van der Waals surface area contributed by atoms with E-state index in [2.05, 4.69) is 26.5 Å². The van der Waals surface area contributed by atoms with Crippen LogP contribution in [0.3, 0.4) is 0 Å². The van der Waals surface area contributed by atoms with Crippen LogP contribution in [0.25, 0.3) is 0 Å². The Balaban J connectivity index is 2.12. The van der Waals surface area contributed by atoms with E-state index in [1.807, 2.05) is 0 Å². The Morgan fingerprint density at radius 2 is 1.83 bits per heavy atom. The van der Waals surface area contributed by atoms with Gasteiger partial charge in [0.15, 0.2) is 0 Å². The number of nitrogens with zero attached hydrogens (tertiary/aromatic N) is 1. The number of nitrogens with one attached hydrogen (secondary N) is 1. The van der Waals surface area contributed by atoms with Crippen LogP contribution in [-0.2, 0) is 0 Å². The topological polar surface area (TPSA) is 59.9 Å². The number of carbonyl (C=O) groups is 1. The highest BCUT2D eigenvalue weighted by molar-refractivity contribution is 9.10. The molecule has 0 saturated carbocycles. The Labute approximate surface area is 141 Å². The van der Waals surface area contributed by atoms with Crippen molar-refractivity contribution in [2.24, 2.45) is 5.10 Å². The van der Waals surface area contributed by atoms with Gasteiger partial charge in [-0.2, -0.15) is 5.10 Å². The Bertz CT molecular complexity index is 733. The van der Waals surface area contributed by atoms with Gasteiger partial charge in [-0.1, -0.05) is 0 Å². The van der Waals surface area contributed by atoms with Crippen molar-refractivity contribution in [2.45, 2.75) is 0 Å². The van der Waals surface area contributed by atoms with E-state index in [1.54, 1.807) is 19.2 Å². The highest BCUT2D eigenvalue weighted by Crippen LogP contribution is 2.31. The highest BCUT2D eigenvalue weighted by atomic mass is 79.9. The molecule has 2 rings (SSSR count). The molecule has 7 heteroatoms. The van der Waals surface area contributed by atoms with E-state index in [-0.39, 0.29) is 0 Å². The maximum atomic E-state index is 12.8. The van der Waals surface area contributed by atoms with E-state index < -0.39 is 11.7 Å². The third-order valence-corrected chi connectivity index (χ3v) is 3.60. The molecule has 0 spiro atoms. The van der Waals surface area contributed by atoms with Crippen molar-refractivity contribution in [2.75, 3.05) is 14.2 Å². The van der Waals surface area contributed by atoms with Crippen molar-refractivity contribution in [1.82, 2.24) is 5.43 Å². The molecule has 0 unspecified atom stereocenters. The first-order valence-electron chi connectivity index (χ1n) is 6.55. The molecule has 0 aliphatic carbocycles. The standard InChI is InChI=1S/C16H14BrFN2O3/c1-22-14-8-15(23-2)13(17)7-11(14)9-19-20-16(21)10-3-5-12(18)6-4-10/h3-9H,1-2H3,(H,20,21)/b19-9-. The van der Waals surface area contributed by atoms with Gasteiger partial charge in [0.05, 0.1) is 24.9 Å². The van der Waals surface area contributed by atoms with Crippen LogP contribution in [0.4, 0.5) is 4.39 Å². The Morgan fingerprint density at radius 1 is 1.17 bits per heavy atom. The summed E-state index contributed by atoms with van der Waals surface area (Å²) in [7, 11) is 3.08. The van der Waals surface area contributed by atoms with Gasteiger partial charge in [-0.3, -0.25) is 4.79 Å². The molecule has 0 aromatic heterocycles. The van der Waals surface area contributed by atoms with Crippen LogP contribution in [0.1, 0.15) is 15.9 Å². The van der Waals surface area contributed by atoms with Gasteiger partial charge in [-0.25, -0.2) is 9.82 Å². The van der Waals surface area contributed by atoms with Crippen molar-refractivity contribution in [3.05, 3.63) is 57.8 Å². The Kier molecular flexibility index (Phi) is 5.70. The second-order valence-corrected chi connectivity index (χ2v) is 5.29. The lowest BCUT2D eigenvalue weighted by molar-refractivity contribution is 0.0955. The first-order chi connectivity index (χ1) is 11.0. The smallest absolute Gasteiger partial charge is 0.271 e. The quantitative estimate of drug-likeness (QED) is 0.638. The van der Waals surface area contributed by atoms with Gasteiger partial charge < -0.3 is 9.47 Å². The molecule has 0 heterocycles. The highest BCUT2D eigenvalue weighted by Gasteiger charge is 2.08. The van der Waals surface area contributed by atoms with E-state index in [4.69, 9.17) is 9.47 Å². The first kappa shape index (κ1) is 17.0. The van der Waals surface area contributed by atoms with Gasteiger partial charge in [-0.05, 0) is 46.3 Å². The zero-order chi connectivity index (χ0) is 16.8. The third-order valence-electron chi connectivity index (χ3n) is 2.98. The summed E-state index contributed by atoms with van der Waals surface area (Å²) >= 11 is 3.37. The number of hydrogen-bond donors (Lipinski definition) is 1. The average molecular weight is 381 g/mol. The molecule has 120 valence electrons. The minimum atomic E-state index is -0.437. The fourth-order valence-electron chi connectivity index (χ4n) is 1.81. The summed E-state index contributed by atoms with van der Waals surface area (Å²) in [6.07, 6.45) is 1.45. The van der Waals surface area contributed by atoms with Crippen LogP contribution in [0.15, 0.2) is 46.0 Å². The van der Waals surface area contributed by atoms with E-state index >= 15 is 0 Å². The lowest BCUT2D eigenvalue weighted by Crippen LogP contribution is -2.17. The van der Waals surface area contributed by atoms with Crippen LogP contribution in [0, 0.1) is 5.82 Å². The molecular weight excluding hydrogens is 367 g/mol. The molecule has 0 atom stereocenters. The number of benzene rings is 2. The number of ether oxygens (including phenoxy) is 2. The molecule has 1 amide bonds. The van der Waals surface area contributed by atoms with Gasteiger partial charge in [-0.15, -0.1) is 0 Å². The fraction of sp³-hybridized carbons (Fsp3) is 0.125. The molecular formula is C16H14BrFN2O3. The average Bonchev–Trinajstić information content (AvgIpc) is 2.55. The van der Waals surface area contributed by atoms with E-state index in [0.29, 0.717) is 22.6 Å². The summed E-state index contributed by atoms with van der Waals surface area (Å²) in [6.45, 7) is 0. The molecule has 2 aromatic rings. The lowest BCUT2D eigenvalue weighted by atomic mass is 10.2. The summed E-state index contributed by atoms with van der Waals surface area (Å²) < 4.78 is 24.0. The summed E-state index contributed by atoms with van der Waals surface area (Å²) in [5, 5.41) is 3.89. The van der Waals surface area contributed by atoms with Gasteiger partial charge in [0.2, 0.25) is 0 Å². The van der Waals surface area contributed by atoms with Gasteiger partial charge >= 0.3 is 0 Å². The van der Waals surface area contributed by atoms with Crippen molar-refractivity contribution in [3.8, 4) is 11.5 Å². The number of hydrazone groups is 1. The molecule has 0 bridgehead atoms. The van der Waals surface area contributed by atoms with E-state index in [0.717, 1.165) is 4.47 Å². The molecule has 2 aromatic carbocycles. The van der Waals surface area contributed by atoms with Crippen molar-refractivity contribution in [1.29, 1.82) is 0 Å². The normalized spacial score (nSPS) is 10.6. The monoisotopic (exact) mass is 380 g/mol. The van der Waals surface area contributed by atoms with E-state index in [1.165, 1.54) is 37.6 Å². The number of rotatable bonds is 5. The second kappa shape index (κ2) is 7.73. The van der Waals surface area contributed by atoms with Crippen molar-refractivity contribution < 1.29 is 18.7 Å². The maximum Gasteiger partial charge on any atom is 0.271 e. The predicted molar refractivity (Wildman–Crippen MR) is 88.7 cm³/mol. The van der Waals surface area contributed by atoms with Crippen LogP contribution in [-0.4, -0.2) is 26.3 Å². The minimum Gasteiger partial charge on any atom is -0.496 e. The zero-order valence-electron chi connectivity index (χ0n) is 12.5. The summed E-state index contributed by atoms with van der Waals surface area (Å²) in [4.78, 5) is 11.9. The molecule has 0 fully saturated rings. The fourth-order valence-corrected chi connectivity index (χ4v) is 2.33. The second-order valence-electron chi connectivity index (χ2n) is 4.43. The molecule has 0 aliphatic rings. The number of hydrogen-bond acceptors (Lipinski definition) is 4.